The molecule has 1 aromatic heterocycles. The van der Waals surface area contributed by atoms with Crippen LogP contribution in [0.3, 0.4) is 0 Å². The Morgan fingerprint density at radius 1 is 1.07 bits per heavy atom. The number of aromatic amines is 1. The molecule has 0 aliphatic carbocycles. The molecule has 29 heavy (non-hydrogen) atoms. The van der Waals surface area contributed by atoms with Crippen LogP contribution >= 0.6 is 0 Å². The monoisotopic (exact) mass is 405 g/mol. The molecule has 0 fully saturated rings. The first-order valence-corrected chi connectivity index (χ1v) is 8.76. The van der Waals surface area contributed by atoms with E-state index in [1.165, 1.54) is 0 Å². The molecule has 0 radical (unpaired) electrons. The number of carboxylic acid groups (broad SMARTS) is 1. The fraction of sp³-hybridized carbons (Fsp3) is 0.333. The lowest BCUT2D eigenvalue weighted by atomic mass is 10.0. The highest BCUT2D eigenvalue weighted by Gasteiger charge is 2.28. The molecule has 0 aliphatic heterocycles. The van der Waals surface area contributed by atoms with E-state index in [-0.39, 0.29) is 6.42 Å². The number of aromatic nitrogens is 1. The summed E-state index contributed by atoms with van der Waals surface area (Å²) in [4.78, 5) is 49.8. The Balaban J connectivity index is 2.06. The average Bonchev–Trinajstić information content (AvgIpc) is 3.07. The van der Waals surface area contributed by atoms with Gasteiger partial charge < -0.3 is 37.3 Å². The second-order valence-corrected chi connectivity index (χ2v) is 6.48. The first kappa shape index (κ1) is 21.9. The van der Waals surface area contributed by atoms with Crippen molar-refractivity contribution in [3.8, 4) is 0 Å². The Bertz CT molecular complexity index is 911. The summed E-state index contributed by atoms with van der Waals surface area (Å²) in [6.45, 7) is -0.791. The van der Waals surface area contributed by atoms with Crippen LogP contribution in [0.1, 0.15) is 12.0 Å². The lowest BCUT2D eigenvalue weighted by molar-refractivity contribution is -0.142. The number of carbonyl (C=O) groups excluding carboxylic acids is 3. The number of rotatable bonds is 10. The first-order valence-electron chi connectivity index (χ1n) is 8.76. The number of primary amides is 1. The van der Waals surface area contributed by atoms with Crippen molar-refractivity contribution in [1.29, 1.82) is 0 Å². The lowest BCUT2D eigenvalue weighted by Crippen LogP contribution is -2.56. The predicted octanol–water partition coefficient (Wildman–Crippen LogP) is -2.04. The molecule has 0 saturated carbocycles. The van der Waals surface area contributed by atoms with Crippen molar-refractivity contribution < 1.29 is 29.4 Å². The topological polar surface area (TPSA) is 201 Å². The summed E-state index contributed by atoms with van der Waals surface area (Å²) >= 11 is 0. The standard InChI is InChI=1S/C18H23N5O6/c19-11(6-15(20)25)16(26)23-14(8-24)17(27)22-13(18(28)29)5-9-7-21-12-4-2-1-3-10(9)12/h1-4,7,11,13-14,21,24H,5-6,8,19H2,(H2,20,25)(H,22,27)(H,23,26)(H,28,29)/t11-,13-,14-/m0/s1. The number of benzene rings is 1. The summed E-state index contributed by atoms with van der Waals surface area (Å²) in [6, 6.07) is 3.25. The zero-order chi connectivity index (χ0) is 21.6. The van der Waals surface area contributed by atoms with Gasteiger partial charge in [-0.15, -0.1) is 0 Å². The van der Waals surface area contributed by atoms with Gasteiger partial charge in [0, 0.05) is 23.5 Å². The Morgan fingerprint density at radius 2 is 1.72 bits per heavy atom. The predicted molar refractivity (Wildman–Crippen MR) is 102 cm³/mol. The number of H-pyrrole nitrogens is 1. The van der Waals surface area contributed by atoms with E-state index < -0.39 is 54.8 Å². The number of hydrogen-bond acceptors (Lipinski definition) is 6. The van der Waals surface area contributed by atoms with Crippen LogP contribution in [0.5, 0.6) is 0 Å². The minimum absolute atomic E-state index is 0.0155. The maximum absolute atomic E-state index is 12.4. The van der Waals surface area contributed by atoms with E-state index in [0.29, 0.717) is 5.56 Å². The number of aliphatic hydroxyl groups is 1. The molecule has 1 aromatic carbocycles. The van der Waals surface area contributed by atoms with Crippen molar-refractivity contribution in [3.63, 3.8) is 0 Å². The molecule has 11 heteroatoms. The van der Waals surface area contributed by atoms with Gasteiger partial charge in [0.1, 0.15) is 12.1 Å². The van der Waals surface area contributed by atoms with Crippen molar-refractivity contribution >= 4 is 34.6 Å². The van der Waals surface area contributed by atoms with Crippen LogP contribution in [-0.2, 0) is 25.6 Å². The number of para-hydroxylation sites is 1. The number of aliphatic hydroxyl groups excluding tert-OH is 1. The smallest absolute Gasteiger partial charge is 0.326 e. The van der Waals surface area contributed by atoms with E-state index in [9.17, 15) is 29.4 Å². The zero-order valence-corrected chi connectivity index (χ0v) is 15.4. The number of nitrogens with two attached hydrogens (primary N) is 2. The summed E-state index contributed by atoms with van der Waals surface area (Å²) < 4.78 is 0. The van der Waals surface area contributed by atoms with Gasteiger partial charge in [-0.05, 0) is 11.6 Å². The van der Waals surface area contributed by atoms with Crippen LogP contribution in [0.2, 0.25) is 0 Å². The van der Waals surface area contributed by atoms with E-state index in [4.69, 9.17) is 11.5 Å². The third kappa shape index (κ3) is 5.77. The van der Waals surface area contributed by atoms with Gasteiger partial charge in [-0.3, -0.25) is 14.4 Å². The molecule has 1 heterocycles. The molecular weight excluding hydrogens is 382 g/mol. The molecule has 0 spiro atoms. The maximum Gasteiger partial charge on any atom is 0.326 e. The van der Waals surface area contributed by atoms with Crippen molar-refractivity contribution in [3.05, 3.63) is 36.0 Å². The van der Waals surface area contributed by atoms with Crippen LogP contribution < -0.4 is 22.1 Å². The quantitative estimate of drug-likeness (QED) is 0.236. The molecule has 0 unspecified atom stereocenters. The summed E-state index contributed by atoms with van der Waals surface area (Å²) in [5, 5.41) is 24.2. The van der Waals surface area contributed by atoms with Crippen molar-refractivity contribution in [2.45, 2.75) is 31.0 Å². The largest absolute Gasteiger partial charge is 0.480 e. The van der Waals surface area contributed by atoms with Gasteiger partial charge in [0.05, 0.1) is 19.1 Å². The zero-order valence-electron chi connectivity index (χ0n) is 15.4. The highest BCUT2D eigenvalue weighted by atomic mass is 16.4. The Labute approximate surface area is 165 Å². The van der Waals surface area contributed by atoms with Crippen LogP contribution in [0.15, 0.2) is 30.5 Å². The molecule has 0 saturated heterocycles. The normalized spacial score (nSPS) is 14.0. The second kappa shape index (κ2) is 9.66. The molecule has 156 valence electrons. The van der Waals surface area contributed by atoms with Gasteiger partial charge in [0.15, 0.2) is 0 Å². The Morgan fingerprint density at radius 3 is 2.34 bits per heavy atom. The average molecular weight is 405 g/mol. The fourth-order valence-corrected chi connectivity index (χ4v) is 2.78. The highest BCUT2D eigenvalue weighted by molar-refractivity contribution is 5.93. The number of aliphatic carboxylic acids is 1. The van der Waals surface area contributed by atoms with E-state index >= 15 is 0 Å². The van der Waals surface area contributed by atoms with Gasteiger partial charge in [0.25, 0.3) is 0 Å². The first-order chi connectivity index (χ1) is 13.7. The molecular formula is C18H23N5O6. The van der Waals surface area contributed by atoms with Crippen LogP contribution in [0, 0.1) is 0 Å². The molecule has 3 amide bonds. The molecule has 2 aromatic rings. The number of amides is 3. The summed E-state index contributed by atoms with van der Waals surface area (Å²) in [7, 11) is 0. The third-order valence-electron chi connectivity index (χ3n) is 4.29. The summed E-state index contributed by atoms with van der Waals surface area (Å²) in [6.07, 6.45) is 1.20. The van der Waals surface area contributed by atoms with E-state index in [2.05, 4.69) is 15.6 Å². The van der Waals surface area contributed by atoms with Gasteiger partial charge in [0.2, 0.25) is 17.7 Å². The Kier molecular flexibility index (Phi) is 7.28. The molecule has 11 nitrogen and oxygen atoms in total. The summed E-state index contributed by atoms with van der Waals surface area (Å²) in [5.41, 5.74) is 12.0. The molecule has 2 rings (SSSR count). The van der Waals surface area contributed by atoms with Gasteiger partial charge >= 0.3 is 5.97 Å². The van der Waals surface area contributed by atoms with Crippen molar-refractivity contribution in [1.82, 2.24) is 15.6 Å². The minimum Gasteiger partial charge on any atom is -0.480 e. The Hall–Kier alpha value is -3.44. The number of nitrogens with one attached hydrogen (secondary N) is 3. The van der Waals surface area contributed by atoms with E-state index in [0.717, 1.165) is 10.9 Å². The number of fused-ring (bicyclic) bond motifs is 1. The van der Waals surface area contributed by atoms with Crippen LogP contribution in [-0.4, -0.2) is 63.6 Å². The minimum atomic E-state index is -1.44. The fourth-order valence-electron chi connectivity index (χ4n) is 2.78. The second-order valence-electron chi connectivity index (χ2n) is 6.48. The SMILES string of the molecule is NC(=O)C[C@H](N)C(=O)N[C@@H](CO)C(=O)N[C@@H](Cc1c[nH]c2ccccc12)C(=O)O. The van der Waals surface area contributed by atoms with Crippen molar-refractivity contribution in [2.24, 2.45) is 11.5 Å². The lowest BCUT2D eigenvalue weighted by Gasteiger charge is -2.21. The summed E-state index contributed by atoms with van der Waals surface area (Å²) in [5.74, 6) is -3.86. The number of carbonyl (C=O) groups is 4. The number of carboxylic acids is 1. The number of hydrogen-bond donors (Lipinski definition) is 7. The van der Waals surface area contributed by atoms with E-state index in [1.54, 1.807) is 12.3 Å². The molecule has 3 atom stereocenters. The molecule has 0 bridgehead atoms. The highest BCUT2D eigenvalue weighted by Crippen LogP contribution is 2.19. The van der Waals surface area contributed by atoms with Crippen LogP contribution in [0.4, 0.5) is 0 Å². The van der Waals surface area contributed by atoms with Gasteiger partial charge in [-0.2, -0.15) is 0 Å². The maximum atomic E-state index is 12.4. The van der Waals surface area contributed by atoms with E-state index in [1.807, 2.05) is 18.2 Å². The van der Waals surface area contributed by atoms with Gasteiger partial charge in [-0.1, -0.05) is 18.2 Å². The van der Waals surface area contributed by atoms with Crippen molar-refractivity contribution in [2.75, 3.05) is 6.61 Å². The third-order valence-corrected chi connectivity index (χ3v) is 4.29. The molecule has 9 N–H and O–H groups in total. The molecule has 0 aliphatic rings. The van der Waals surface area contributed by atoms with Crippen LogP contribution in [0.25, 0.3) is 10.9 Å². The van der Waals surface area contributed by atoms with Gasteiger partial charge in [-0.25, -0.2) is 4.79 Å².